The molecule has 8 aromatic rings. The molecule has 1 aliphatic rings. The maximum atomic E-state index is 4.99. The summed E-state index contributed by atoms with van der Waals surface area (Å²) in [6.07, 6.45) is 0. The van der Waals surface area contributed by atoms with E-state index < -0.39 is 0 Å². The first kappa shape index (κ1) is 23.8. The molecule has 200 valence electrons. The molecule has 3 heterocycles. The lowest BCUT2D eigenvalue weighted by molar-refractivity contribution is 1.07. The van der Waals surface area contributed by atoms with Gasteiger partial charge in [-0.3, -0.25) is 0 Å². The van der Waals surface area contributed by atoms with E-state index in [0.29, 0.717) is 17.5 Å². The summed E-state index contributed by atoms with van der Waals surface area (Å²) in [5.41, 5.74) is 11.4. The number of nitrogens with zero attached hydrogens (tertiary/aromatic N) is 4. The van der Waals surface area contributed by atoms with E-state index in [1.807, 2.05) is 60.7 Å². The Morgan fingerprint density at radius 1 is 0.372 bits per heavy atom. The number of aromatic nitrogens is 4. The third-order valence-corrected chi connectivity index (χ3v) is 8.40. The summed E-state index contributed by atoms with van der Waals surface area (Å²) in [7, 11) is 0. The van der Waals surface area contributed by atoms with Gasteiger partial charge in [-0.15, -0.1) is 0 Å². The Hall–Kier alpha value is -5.87. The van der Waals surface area contributed by atoms with Gasteiger partial charge < -0.3 is 4.57 Å². The van der Waals surface area contributed by atoms with Crippen LogP contribution in [0.25, 0.3) is 83.9 Å². The largest absolute Gasteiger partial charge is 0.308 e. The van der Waals surface area contributed by atoms with E-state index in [1.54, 1.807) is 0 Å². The van der Waals surface area contributed by atoms with Crippen LogP contribution in [0, 0.1) is 0 Å². The molecule has 1 aliphatic heterocycles. The van der Waals surface area contributed by atoms with Gasteiger partial charge in [0, 0.05) is 38.6 Å². The Balaban J connectivity index is 1.32. The van der Waals surface area contributed by atoms with Crippen LogP contribution in [0.3, 0.4) is 0 Å². The lowest BCUT2D eigenvalue weighted by atomic mass is 9.93. The summed E-state index contributed by atoms with van der Waals surface area (Å²) < 4.78 is 2.43. The summed E-state index contributed by atoms with van der Waals surface area (Å²) in [6.45, 7) is 0. The molecule has 0 saturated carbocycles. The fourth-order valence-electron chi connectivity index (χ4n) is 6.46. The Labute approximate surface area is 248 Å². The number of fused-ring (bicyclic) bond motifs is 8. The van der Waals surface area contributed by atoms with Crippen LogP contribution in [0.15, 0.2) is 146 Å². The summed E-state index contributed by atoms with van der Waals surface area (Å²) in [5.74, 6) is 1.98. The van der Waals surface area contributed by atoms with Crippen LogP contribution in [-0.2, 0) is 0 Å². The van der Waals surface area contributed by atoms with Crippen LogP contribution in [0.4, 0.5) is 0 Å². The molecule has 4 nitrogen and oxygen atoms in total. The zero-order valence-electron chi connectivity index (χ0n) is 23.1. The van der Waals surface area contributed by atoms with Crippen molar-refractivity contribution in [2.24, 2.45) is 0 Å². The highest BCUT2D eigenvalue weighted by Crippen LogP contribution is 2.46. The highest BCUT2D eigenvalue weighted by molar-refractivity contribution is 6.17. The average molecular weight is 549 g/mol. The molecular formula is C39H24N4. The van der Waals surface area contributed by atoms with E-state index >= 15 is 0 Å². The molecule has 4 heteroatoms. The smallest absolute Gasteiger partial charge is 0.164 e. The molecule has 43 heavy (non-hydrogen) atoms. The standard InChI is InChI=1S/C39H24N4/c1-3-12-25(13-4-1)37-40-38(26-14-5-2-6-15-26)42-39(41-37)27-22-23-35-33(24-27)32-20-11-19-31-29-17-8-7-16-28(29)30-18-9-10-21-34(30)43(35)36(31)32/h1-24H. The van der Waals surface area contributed by atoms with E-state index in [9.17, 15) is 0 Å². The molecule has 6 aromatic carbocycles. The highest BCUT2D eigenvalue weighted by atomic mass is 15.0. The van der Waals surface area contributed by atoms with E-state index in [0.717, 1.165) is 22.2 Å². The van der Waals surface area contributed by atoms with Crippen molar-refractivity contribution < 1.29 is 0 Å². The van der Waals surface area contributed by atoms with Crippen LogP contribution in [0.1, 0.15) is 0 Å². The minimum atomic E-state index is 0.657. The molecule has 0 bridgehead atoms. The first-order chi connectivity index (χ1) is 21.3. The van der Waals surface area contributed by atoms with Crippen LogP contribution in [0.5, 0.6) is 0 Å². The van der Waals surface area contributed by atoms with Crippen molar-refractivity contribution in [2.75, 3.05) is 0 Å². The van der Waals surface area contributed by atoms with E-state index in [2.05, 4.69) is 89.5 Å². The maximum absolute atomic E-state index is 4.99. The molecule has 0 atom stereocenters. The first-order valence-corrected chi connectivity index (χ1v) is 14.5. The molecule has 0 amide bonds. The van der Waals surface area contributed by atoms with Gasteiger partial charge in [0.2, 0.25) is 0 Å². The monoisotopic (exact) mass is 548 g/mol. The Kier molecular flexibility index (Phi) is 5.16. The number of rotatable bonds is 3. The third-order valence-electron chi connectivity index (χ3n) is 8.40. The summed E-state index contributed by atoms with van der Waals surface area (Å²) in [5, 5.41) is 2.38. The van der Waals surface area contributed by atoms with Gasteiger partial charge in [-0.25, -0.2) is 15.0 Å². The van der Waals surface area contributed by atoms with Gasteiger partial charge in [0.15, 0.2) is 17.5 Å². The summed E-state index contributed by atoms with van der Waals surface area (Å²) in [6, 6.07) is 50.9. The summed E-state index contributed by atoms with van der Waals surface area (Å²) >= 11 is 0. The number of benzene rings is 6. The second-order valence-corrected chi connectivity index (χ2v) is 10.9. The van der Waals surface area contributed by atoms with Crippen molar-refractivity contribution in [1.29, 1.82) is 0 Å². The van der Waals surface area contributed by atoms with E-state index in [-0.39, 0.29) is 0 Å². The molecular weight excluding hydrogens is 524 g/mol. The fourth-order valence-corrected chi connectivity index (χ4v) is 6.46. The number of hydrogen-bond acceptors (Lipinski definition) is 3. The molecule has 0 aliphatic carbocycles. The molecule has 2 aromatic heterocycles. The van der Waals surface area contributed by atoms with Crippen molar-refractivity contribution in [3.63, 3.8) is 0 Å². The topological polar surface area (TPSA) is 43.6 Å². The third kappa shape index (κ3) is 3.67. The van der Waals surface area contributed by atoms with Crippen molar-refractivity contribution in [1.82, 2.24) is 19.5 Å². The zero-order chi connectivity index (χ0) is 28.3. The molecule has 0 radical (unpaired) electrons. The lowest BCUT2D eigenvalue weighted by Crippen LogP contribution is -2.00. The van der Waals surface area contributed by atoms with Crippen LogP contribution in [-0.4, -0.2) is 19.5 Å². The molecule has 0 N–H and O–H groups in total. The Morgan fingerprint density at radius 3 is 1.58 bits per heavy atom. The van der Waals surface area contributed by atoms with Crippen molar-refractivity contribution in [2.45, 2.75) is 0 Å². The first-order valence-electron chi connectivity index (χ1n) is 14.5. The Morgan fingerprint density at radius 2 is 0.907 bits per heavy atom. The van der Waals surface area contributed by atoms with Gasteiger partial charge in [0.25, 0.3) is 0 Å². The second kappa shape index (κ2) is 9.33. The average Bonchev–Trinajstić information content (AvgIpc) is 3.36. The quantitative estimate of drug-likeness (QED) is 0.221. The van der Waals surface area contributed by atoms with Crippen molar-refractivity contribution in [3.8, 4) is 62.1 Å². The molecule has 9 rings (SSSR count). The number of para-hydroxylation sites is 2. The van der Waals surface area contributed by atoms with Crippen molar-refractivity contribution >= 4 is 21.8 Å². The van der Waals surface area contributed by atoms with E-state index in [1.165, 1.54) is 44.2 Å². The highest BCUT2D eigenvalue weighted by Gasteiger charge is 2.24. The second-order valence-electron chi connectivity index (χ2n) is 10.9. The predicted molar refractivity (Wildman–Crippen MR) is 175 cm³/mol. The SMILES string of the molecule is c1ccc(-c2nc(-c3ccccc3)nc(-c3ccc4c(c3)c3cccc5c3n4-c3ccccc3-c3ccccc3-5)n2)cc1. The maximum Gasteiger partial charge on any atom is 0.164 e. The van der Waals surface area contributed by atoms with Crippen LogP contribution < -0.4 is 0 Å². The van der Waals surface area contributed by atoms with Gasteiger partial charge in [-0.05, 0) is 35.4 Å². The fraction of sp³-hybridized carbons (Fsp3) is 0. The van der Waals surface area contributed by atoms with Gasteiger partial charge in [0.05, 0.1) is 16.7 Å². The van der Waals surface area contributed by atoms with Gasteiger partial charge >= 0.3 is 0 Å². The van der Waals surface area contributed by atoms with Gasteiger partial charge in [-0.2, -0.15) is 0 Å². The van der Waals surface area contributed by atoms with Gasteiger partial charge in [-0.1, -0.05) is 121 Å². The van der Waals surface area contributed by atoms with Crippen LogP contribution >= 0.6 is 0 Å². The number of hydrogen-bond donors (Lipinski definition) is 0. The van der Waals surface area contributed by atoms with Crippen LogP contribution in [0.2, 0.25) is 0 Å². The van der Waals surface area contributed by atoms with E-state index in [4.69, 9.17) is 15.0 Å². The molecule has 0 spiro atoms. The Bertz CT molecular complexity index is 2280. The zero-order valence-corrected chi connectivity index (χ0v) is 23.1. The molecule has 0 saturated heterocycles. The molecule has 0 fully saturated rings. The predicted octanol–water partition coefficient (Wildman–Crippen LogP) is 9.62. The molecule has 0 unspecified atom stereocenters. The minimum Gasteiger partial charge on any atom is -0.308 e. The normalized spacial score (nSPS) is 11.7. The van der Waals surface area contributed by atoms with Gasteiger partial charge in [0.1, 0.15) is 0 Å². The summed E-state index contributed by atoms with van der Waals surface area (Å²) in [4.78, 5) is 14.9. The lowest BCUT2D eigenvalue weighted by Gasteiger charge is -2.12. The minimum absolute atomic E-state index is 0.657. The van der Waals surface area contributed by atoms with Crippen molar-refractivity contribution in [3.05, 3.63) is 146 Å².